The molecule has 7 heteroatoms. The Balaban J connectivity index is 1.90. The van der Waals surface area contributed by atoms with Crippen molar-refractivity contribution in [3.63, 3.8) is 0 Å². The summed E-state index contributed by atoms with van der Waals surface area (Å²) in [5, 5.41) is 2.97. The fourth-order valence-corrected chi connectivity index (χ4v) is 4.66. The van der Waals surface area contributed by atoms with Crippen LogP contribution in [0.25, 0.3) is 0 Å². The van der Waals surface area contributed by atoms with Crippen molar-refractivity contribution in [1.82, 2.24) is 0 Å². The number of sulfonamides is 1. The van der Waals surface area contributed by atoms with Gasteiger partial charge in [-0.15, -0.1) is 0 Å². The number of amides is 1. The van der Waals surface area contributed by atoms with E-state index in [1.165, 1.54) is 23.5 Å². The summed E-state index contributed by atoms with van der Waals surface area (Å²) in [5.74, 6) is 0.510. The van der Waals surface area contributed by atoms with Crippen molar-refractivity contribution in [3.8, 4) is 5.75 Å². The number of methoxy groups -OCH3 is 1. The molecular weight excluding hydrogens is 424 g/mol. The van der Waals surface area contributed by atoms with Gasteiger partial charge in [-0.25, -0.2) is 8.42 Å². The van der Waals surface area contributed by atoms with Crippen molar-refractivity contribution in [2.24, 2.45) is 0 Å². The molecule has 0 aliphatic carbocycles. The smallest absolute Gasteiger partial charge is 0.264 e. The van der Waals surface area contributed by atoms with Crippen LogP contribution < -0.4 is 14.4 Å². The summed E-state index contributed by atoms with van der Waals surface area (Å²) >= 11 is 0. The van der Waals surface area contributed by atoms with E-state index in [4.69, 9.17) is 4.74 Å². The highest BCUT2D eigenvalue weighted by atomic mass is 32.2. The van der Waals surface area contributed by atoms with Crippen molar-refractivity contribution >= 4 is 27.3 Å². The SMILES string of the molecule is COc1ccc(N(C)S(=O)(=O)c2cccc(C(=O)Nc3c(C)cccc3C(C)C)c2)cc1. The van der Waals surface area contributed by atoms with Crippen LogP contribution in [0.2, 0.25) is 0 Å². The molecule has 3 aromatic carbocycles. The normalized spacial score (nSPS) is 11.3. The van der Waals surface area contributed by atoms with Gasteiger partial charge < -0.3 is 10.1 Å². The molecule has 0 bridgehead atoms. The predicted molar refractivity (Wildman–Crippen MR) is 128 cm³/mol. The summed E-state index contributed by atoms with van der Waals surface area (Å²) in [4.78, 5) is 13.0. The van der Waals surface area contributed by atoms with E-state index in [-0.39, 0.29) is 22.3 Å². The van der Waals surface area contributed by atoms with Crippen LogP contribution >= 0.6 is 0 Å². The van der Waals surface area contributed by atoms with Crippen LogP contribution in [-0.4, -0.2) is 28.5 Å². The molecule has 0 heterocycles. The van der Waals surface area contributed by atoms with Crippen molar-refractivity contribution in [2.45, 2.75) is 31.6 Å². The lowest BCUT2D eigenvalue weighted by Crippen LogP contribution is -2.27. The molecule has 32 heavy (non-hydrogen) atoms. The average molecular weight is 453 g/mol. The number of carbonyl (C=O) groups is 1. The molecule has 0 saturated carbocycles. The molecule has 168 valence electrons. The number of nitrogens with one attached hydrogen (secondary N) is 1. The highest BCUT2D eigenvalue weighted by Crippen LogP contribution is 2.29. The third-order valence-corrected chi connectivity index (χ3v) is 7.14. The monoisotopic (exact) mass is 452 g/mol. The third-order valence-electron chi connectivity index (χ3n) is 5.36. The molecule has 0 radical (unpaired) electrons. The molecule has 0 atom stereocenters. The van der Waals surface area contributed by atoms with E-state index in [1.54, 1.807) is 43.5 Å². The summed E-state index contributed by atoms with van der Waals surface area (Å²) < 4.78 is 32.7. The molecule has 1 N–H and O–H groups in total. The van der Waals surface area contributed by atoms with Gasteiger partial charge in [0, 0.05) is 18.3 Å². The van der Waals surface area contributed by atoms with E-state index in [2.05, 4.69) is 19.2 Å². The van der Waals surface area contributed by atoms with Crippen molar-refractivity contribution in [3.05, 3.63) is 83.4 Å². The van der Waals surface area contributed by atoms with E-state index < -0.39 is 10.0 Å². The minimum atomic E-state index is -3.86. The Kier molecular flexibility index (Phi) is 6.89. The maximum absolute atomic E-state index is 13.2. The Labute approximate surface area is 189 Å². The quantitative estimate of drug-likeness (QED) is 0.534. The first kappa shape index (κ1) is 23.3. The fraction of sp³-hybridized carbons (Fsp3) is 0.240. The standard InChI is InChI=1S/C25H28N2O4S/c1-17(2)23-11-6-8-18(3)24(23)26-25(28)19-9-7-10-22(16-19)32(29,30)27(4)20-12-14-21(31-5)15-13-20/h6-17H,1-5H3,(H,26,28). The highest BCUT2D eigenvalue weighted by Gasteiger charge is 2.23. The van der Waals surface area contributed by atoms with E-state index in [9.17, 15) is 13.2 Å². The molecule has 0 unspecified atom stereocenters. The van der Waals surface area contributed by atoms with E-state index in [0.29, 0.717) is 11.4 Å². The number of ether oxygens (including phenoxy) is 1. The summed E-state index contributed by atoms with van der Waals surface area (Å²) in [5.41, 5.74) is 3.50. The van der Waals surface area contributed by atoms with Gasteiger partial charge in [0.25, 0.3) is 15.9 Å². The van der Waals surface area contributed by atoms with Crippen LogP contribution in [0.5, 0.6) is 5.75 Å². The van der Waals surface area contributed by atoms with Crippen LogP contribution in [0.15, 0.2) is 71.6 Å². The first-order chi connectivity index (χ1) is 15.1. The van der Waals surface area contributed by atoms with Crippen molar-refractivity contribution < 1.29 is 17.9 Å². The average Bonchev–Trinajstić information content (AvgIpc) is 2.79. The van der Waals surface area contributed by atoms with Crippen LogP contribution in [0.3, 0.4) is 0 Å². The predicted octanol–water partition coefficient (Wildman–Crippen LogP) is 5.20. The highest BCUT2D eigenvalue weighted by molar-refractivity contribution is 7.92. The molecule has 0 fully saturated rings. The first-order valence-corrected chi connectivity index (χ1v) is 11.7. The molecule has 1 amide bonds. The van der Waals surface area contributed by atoms with Gasteiger partial charge in [-0.1, -0.05) is 38.1 Å². The van der Waals surface area contributed by atoms with Crippen molar-refractivity contribution in [1.29, 1.82) is 0 Å². The lowest BCUT2D eigenvalue weighted by Gasteiger charge is -2.20. The molecule has 0 aliphatic rings. The van der Waals surface area contributed by atoms with Gasteiger partial charge in [-0.2, -0.15) is 0 Å². The molecule has 3 aromatic rings. The Morgan fingerprint density at radius 3 is 2.28 bits per heavy atom. The maximum Gasteiger partial charge on any atom is 0.264 e. The van der Waals surface area contributed by atoms with Gasteiger partial charge in [0.05, 0.1) is 17.7 Å². The largest absolute Gasteiger partial charge is 0.497 e. The van der Waals surface area contributed by atoms with Crippen LogP contribution in [0, 0.1) is 6.92 Å². The topological polar surface area (TPSA) is 75.7 Å². The van der Waals surface area contributed by atoms with Gasteiger partial charge in [-0.3, -0.25) is 9.10 Å². The number of para-hydroxylation sites is 1. The Morgan fingerprint density at radius 1 is 1.00 bits per heavy atom. The van der Waals surface area contributed by atoms with E-state index in [0.717, 1.165) is 16.8 Å². The Morgan fingerprint density at radius 2 is 1.66 bits per heavy atom. The Bertz CT molecular complexity index is 1220. The van der Waals surface area contributed by atoms with E-state index in [1.807, 2.05) is 25.1 Å². The maximum atomic E-state index is 13.2. The summed E-state index contributed by atoms with van der Waals surface area (Å²) in [6.07, 6.45) is 0. The number of nitrogens with zero attached hydrogens (tertiary/aromatic N) is 1. The number of aryl methyl sites for hydroxylation is 1. The number of rotatable bonds is 7. The fourth-order valence-electron chi connectivity index (χ4n) is 3.41. The van der Waals surface area contributed by atoms with Gasteiger partial charge in [0.2, 0.25) is 0 Å². The Hall–Kier alpha value is -3.32. The zero-order valence-corrected chi connectivity index (χ0v) is 19.7. The number of benzene rings is 3. The molecular formula is C25H28N2O4S. The molecule has 0 saturated heterocycles. The van der Waals surface area contributed by atoms with Crippen LogP contribution in [0.4, 0.5) is 11.4 Å². The number of hydrogen-bond acceptors (Lipinski definition) is 4. The number of hydrogen-bond donors (Lipinski definition) is 1. The van der Waals surface area contributed by atoms with Crippen LogP contribution in [-0.2, 0) is 10.0 Å². The second kappa shape index (κ2) is 9.44. The lowest BCUT2D eigenvalue weighted by molar-refractivity contribution is 0.102. The number of anilines is 2. The molecule has 0 spiro atoms. The summed E-state index contributed by atoms with van der Waals surface area (Å²) in [6.45, 7) is 6.06. The minimum absolute atomic E-state index is 0.0392. The third kappa shape index (κ3) is 4.78. The van der Waals surface area contributed by atoms with Gasteiger partial charge >= 0.3 is 0 Å². The summed E-state index contributed by atoms with van der Waals surface area (Å²) in [7, 11) is -0.831. The first-order valence-electron chi connectivity index (χ1n) is 10.3. The van der Waals surface area contributed by atoms with Crippen molar-refractivity contribution in [2.75, 3.05) is 23.8 Å². The zero-order valence-electron chi connectivity index (χ0n) is 18.9. The molecule has 0 aromatic heterocycles. The molecule has 6 nitrogen and oxygen atoms in total. The zero-order chi connectivity index (χ0) is 23.5. The van der Waals surface area contributed by atoms with Gasteiger partial charge in [-0.05, 0) is 66.4 Å². The lowest BCUT2D eigenvalue weighted by atomic mass is 9.98. The van der Waals surface area contributed by atoms with Crippen LogP contribution in [0.1, 0.15) is 41.3 Å². The van der Waals surface area contributed by atoms with E-state index >= 15 is 0 Å². The number of carbonyl (C=O) groups excluding carboxylic acids is 1. The second-order valence-electron chi connectivity index (χ2n) is 7.85. The van der Waals surface area contributed by atoms with Gasteiger partial charge in [0.1, 0.15) is 5.75 Å². The molecule has 3 rings (SSSR count). The minimum Gasteiger partial charge on any atom is -0.497 e. The summed E-state index contributed by atoms with van der Waals surface area (Å²) in [6, 6.07) is 18.7. The molecule has 0 aliphatic heterocycles. The second-order valence-corrected chi connectivity index (χ2v) is 9.82. The van der Waals surface area contributed by atoms with Gasteiger partial charge in [0.15, 0.2) is 0 Å².